The number of rotatable bonds is 5. The zero-order chi connectivity index (χ0) is 13.6. The third-order valence-corrected chi connectivity index (χ3v) is 4.33. The van der Waals surface area contributed by atoms with Gasteiger partial charge in [-0.15, -0.1) is 11.3 Å². The summed E-state index contributed by atoms with van der Waals surface area (Å²) in [4.78, 5) is 8.14. The van der Waals surface area contributed by atoms with Crippen molar-refractivity contribution in [1.29, 1.82) is 0 Å². The monoisotopic (exact) mass is 289 g/mol. The van der Waals surface area contributed by atoms with Crippen molar-refractivity contribution in [2.24, 2.45) is 0 Å². The lowest BCUT2D eigenvalue weighted by atomic mass is 10.2. The molecule has 0 atom stereocenters. The Labute approximate surface area is 123 Å². The van der Waals surface area contributed by atoms with Crippen LogP contribution in [0, 0.1) is 0 Å². The normalized spacial score (nSPS) is 16.2. The Morgan fingerprint density at radius 2 is 2.15 bits per heavy atom. The average molecular weight is 289 g/mol. The number of ether oxygens (including phenoxy) is 1. The van der Waals surface area contributed by atoms with Gasteiger partial charge in [-0.05, 0) is 23.6 Å². The number of anilines is 1. The summed E-state index contributed by atoms with van der Waals surface area (Å²) >= 11 is 1.74. The van der Waals surface area contributed by atoms with Gasteiger partial charge in [0, 0.05) is 42.8 Å². The summed E-state index contributed by atoms with van der Waals surface area (Å²) in [5.74, 6) is 0.943. The van der Waals surface area contributed by atoms with E-state index in [4.69, 9.17) is 4.74 Å². The van der Waals surface area contributed by atoms with Gasteiger partial charge in [0.05, 0.1) is 13.2 Å². The molecule has 106 valence electrons. The maximum Gasteiger partial charge on any atom is 0.125 e. The molecule has 2 aromatic heterocycles. The summed E-state index contributed by atoms with van der Waals surface area (Å²) in [6.07, 6.45) is 1.93. The Hall–Kier alpha value is -1.43. The van der Waals surface area contributed by atoms with Crippen LogP contribution in [0.5, 0.6) is 0 Å². The van der Waals surface area contributed by atoms with Gasteiger partial charge in [-0.1, -0.05) is 6.07 Å². The Bertz CT molecular complexity index is 506. The van der Waals surface area contributed by atoms with E-state index in [-0.39, 0.29) is 0 Å². The smallest absolute Gasteiger partial charge is 0.125 e. The zero-order valence-corrected chi connectivity index (χ0v) is 12.2. The van der Waals surface area contributed by atoms with E-state index in [0.717, 1.165) is 45.2 Å². The Morgan fingerprint density at radius 1 is 1.25 bits per heavy atom. The molecule has 1 aliphatic rings. The van der Waals surface area contributed by atoms with E-state index in [0.29, 0.717) is 0 Å². The number of nitrogens with zero attached hydrogens (tertiary/aromatic N) is 2. The van der Waals surface area contributed by atoms with E-state index in [1.54, 1.807) is 11.3 Å². The van der Waals surface area contributed by atoms with Crippen LogP contribution in [-0.4, -0.2) is 49.3 Å². The molecule has 0 unspecified atom stereocenters. The Kier molecular flexibility index (Phi) is 4.63. The van der Waals surface area contributed by atoms with Crippen LogP contribution in [-0.2, 0) is 4.74 Å². The predicted molar refractivity (Wildman–Crippen MR) is 83.3 cm³/mol. The van der Waals surface area contributed by atoms with Gasteiger partial charge in [0.25, 0.3) is 0 Å². The summed E-state index contributed by atoms with van der Waals surface area (Å²) in [6, 6.07) is 8.35. The van der Waals surface area contributed by atoms with E-state index in [1.165, 1.54) is 10.4 Å². The van der Waals surface area contributed by atoms with Crippen LogP contribution in [0.4, 0.5) is 5.82 Å². The first-order chi connectivity index (χ1) is 9.92. The highest BCUT2D eigenvalue weighted by atomic mass is 32.1. The SMILES string of the molecule is c1csc(-c2ccc(NCCN3CCOCC3)nc2)c1. The third kappa shape index (κ3) is 3.56. The minimum atomic E-state index is 0.855. The molecule has 0 saturated carbocycles. The first kappa shape index (κ1) is 13.5. The minimum absolute atomic E-state index is 0.855. The van der Waals surface area contributed by atoms with Gasteiger partial charge >= 0.3 is 0 Å². The number of pyridine rings is 1. The van der Waals surface area contributed by atoms with Crippen LogP contribution in [0.3, 0.4) is 0 Å². The maximum absolute atomic E-state index is 5.34. The van der Waals surface area contributed by atoms with Crippen molar-refractivity contribution in [2.45, 2.75) is 0 Å². The zero-order valence-electron chi connectivity index (χ0n) is 11.4. The molecule has 0 aliphatic carbocycles. The lowest BCUT2D eigenvalue weighted by Gasteiger charge is -2.26. The fourth-order valence-electron chi connectivity index (χ4n) is 2.25. The van der Waals surface area contributed by atoms with Crippen LogP contribution in [0.25, 0.3) is 10.4 Å². The molecule has 3 heterocycles. The summed E-state index contributed by atoms with van der Waals surface area (Å²) in [5.41, 5.74) is 1.18. The fraction of sp³-hybridized carbons (Fsp3) is 0.400. The van der Waals surface area contributed by atoms with Crippen molar-refractivity contribution >= 4 is 17.2 Å². The molecule has 5 heteroatoms. The molecule has 3 rings (SSSR count). The molecule has 0 spiro atoms. The Balaban J connectivity index is 1.48. The summed E-state index contributed by atoms with van der Waals surface area (Å²) in [6.45, 7) is 5.74. The van der Waals surface area contributed by atoms with Crippen molar-refractivity contribution in [2.75, 3.05) is 44.7 Å². The summed E-state index contributed by atoms with van der Waals surface area (Å²) < 4.78 is 5.34. The van der Waals surface area contributed by atoms with Crippen molar-refractivity contribution in [3.63, 3.8) is 0 Å². The third-order valence-electron chi connectivity index (χ3n) is 3.41. The van der Waals surface area contributed by atoms with Crippen LogP contribution >= 0.6 is 11.3 Å². The summed E-state index contributed by atoms with van der Waals surface area (Å²) in [5, 5.41) is 5.46. The Morgan fingerprint density at radius 3 is 2.85 bits per heavy atom. The van der Waals surface area contributed by atoms with Gasteiger partial charge in [-0.2, -0.15) is 0 Å². The highest BCUT2D eigenvalue weighted by molar-refractivity contribution is 7.13. The first-order valence-corrected chi connectivity index (χ1v) is 7.84. The second kappa shape index (κ2) is 6.83. The van der Waals surface area contributed by atoms with Crippen LogP contribution in [0.1, 0.15) is 0 Å². The van der Waals surface area contributed by atoms with Crippen molar-refractivity contribution < 1.29 is 4.74 Å². The minimum Gasteiger partial charge on any atom is -0.379 e. The number of morpholine rings is 1. The van der Waals surface area contributed by atoms with Gasteiger partial charge in [-0.3, -0.25) is 4.90 Å². The van der Waals surface area contributed by atoms with Gasteiger partial charge in [0.1, 0.15) is 5.82 Å². The van der Waals surface area contributed by atoms with Crippen molar-refractivity contribution in [1.82, 2.24) is 9.88 Å². The number of aromatic nitrogens is 1. The molecule has 0 aromatic carbocycles. The number of hydrogen-bond donors (Lipinski definition) is 1. The molecule has 0 radical (unpaired) electrons. The number of nitrogens with one attached hydrogen (secondary N) is 1. The lowest BCUT2D eigenvalue weighted by Crippen LogP contribution is -2.39. The molecule has 1 aliphatic heterocycles. The van der Waals surface area contributed by atoms with Gasteiger partial charge < -0.3 is 10.1 Å². The molecule has 0 bridgehead atoms. The second-order valence-corrected chi connectivity index (χ2v) is 5.74. The lowest BCUT2D eigenvalue weighted by molar-refractivity contribution is 0.0398. The van der Waals surface area contributed by atoms with E-state index < -0.39 is 0 Å². The average Bonchev–Trinajstić information content (AvgIpc) is 3.03. The van der Waals surface area contributed by atoms with Gasteiger partial charge in [0.2, 0.25) is 0 Å². The van der Waals surface area contributed by atoms with E-state index in [2.05, 4.69) is 38.8 Å². The largest absolute Gasteiger partial charge is 0.379 e. The molecular formula is C15H19N3OS. The quantitative estimate of drug-likeness (QED) is 0.918. The molecule has 0 amide bonds. The predicted octanol–water partition coefficient (Wildman–Crippen LogP) is 2.55. The molecule has 1 fully saturated rings. The molecule has 1 N–H and O–H groups in total. The molecule has 2 aromatic rings. The molecule has 1 saturated heterocycles. The maximum atomic E-state index is 5.34. The van der Waals surface area contributed by atoms with E-state index in [9.17, 15) is 0 Å². The van der Waals surface area contributed by atoms with Crippen LogP contribution < -0.4 is 5.32 Å². The second-order valence-electron chi connectivity index (χ2n) is 4.79. The summed E-state index contributed by atoms with van der Waals surface area (Å²) in [7, 11) is 0. The first-order valence-electron chi connectivity index (χ1n) is 6.96. The fourth-order valence-corrected chi connectivity index (χ4v) is 2.97. The highest BCUT2D eigenvalue weighted by Crippen LogP contribution is 2.24. The highest BCUT2D eigenvalue weighted by Gasteiger charge is 2.09. The number of thiophene rings is 1. The topological polar surface area (TPSA) is 37.4 Å². The molecule has 20 heavy (non-hydrogen) atoms. The standard InChI is InChI=1S/C15H19N3OS/c1-2-14(20-11-1)13-3-4-15(17-12-13)16-5-6-18-7-9-19-10-8-18/h1-4,11-12H,5-10H2,(H,16,17). The van der Waals surface area contributed by atoms with E-state index in [1.807, 2.05) is 12.3 Å². The molecular weight excluding hydrogens is 270 g/mol. The van der Waals surface area contributed by atoms with E-state index >= 15 is 0 Å². The van der Waals surface area contributed by atoms with Crippen molar-refractivity contribution in [3.05, 3.63) is 35.8 Å². The molecule has 4 nitrogen and oxygen atoms in total. The van der Waals surface area contributed by atoms with Gasteiger partial charge in [-0.25, -0.2) is 4.98 Å². The van der Waals surface area contributed by atoms with Crippen LogP contribution in [0.15, 0.2) is 35.8 Å². The van der Waals surface area contributed by atoms with Crippen molar-refractivity contribution in [3.8, 4) is 10.4 Å². The number of hydrogen-bond acceptors (Lipinski definition) is 5. The van der Waals surface area contributed by atoms with Gasteiger partial charge in [0.15, 0.2) is 0 Å². The van der Waals surface area contributed by atoms with Crippen LogP contribution in [0.2, 0.25) is 0 Å².